The van der Waals surface area contributed by atoms with Crippen molar-refractivity contribution >= 4 is 11.6 Å². The molecule has 1 fully saturated rings. The lowest BCUT2D eigenvalue weighted by Gasteiger charge is -2.12. The van der Waals surface area contributed by atoms with E-state index in [0.717, 1.165) is 0 Å². The van der Waals surface area contributed by atoms with Gasteiger partial charge in [-0.15, -0.1) is 0 Å². The van der Waals surface area contributed by atoms with Crippen molar-refractivity contribution in [3.05, 3.63) is 28.7 Å². The maximum atomic E-state index is 11.8. The predicted octanol–water partition coefficient (Wildman–Crippen LogP) is -0.374. The molecule has 3 N–H and O–H groups in total. The van der Waals surface area contributed by atoms with Crippen LogP contribution in [0.3, 0.4) is 0 Å². The highest BCUT2D eigenvalue weighted by molar-refractivity contribution is 5.90. The number of nitrogens with one attached hydrogen (secondary N) is 2. The summed E-state index contributed by atoms with van der Waals surface area (Å²) in [5.41, 5.74) is 0.00882. The van der Waals surface area contributed by atoms with Crippen molar-refractivity contribution in [1.82, 2.24) is 9.88 Å². The lowest BCUT2D eigenvalue weighted by atomic mass is 10.0. The van der Waals surface area contributed by atoms with Crippen LogP contribution in [0.4, 0.5) is 5.69 Å². The summed E-state index contributed by atoms with van der Waals surface area (Å²) >= 11 is 0. The maximum absolute atomic E-state index is 11.8. The Bertz CT molecular complexity index is 485. The highest BCUT2D eigenvalue weighted by Gasteiger charge is 2.30. The molecule has 0 unspecified atom stereocenters. The molecule has 1 aromatic rings. The number of carbonyl (C=O) groups excluding carboxylic acids is 1. The van der Waals surface area contributed by atoms with Crippen LogP contribution in [0.2, 0.25) is 0 Å². The summed E-state index contributed by atoms with van der Waals surface area (Å²) < 4.78 is 0. The number of nitrogens with zero attached hydrogens (tertiary/aromatic N) is 1. The minimum Gasteiger partial charge on any atom is -0.391 e. The number of likely N-dealkylation sites (tertiary alicyclic amines) is 1. The summed E-state index contributed by atoms with van der Waals surface area (Å²) in [5, 5.41) is 12.3. The number of carbonyl (C=O) groups is 1. The quantitative estimate of drug-likeness (QED) is 0.684. The van der Waals surface area contributed by atoms with E-state index in [1.807, 2.05) is 11.9 Å². The predicted molar refractivity (Wildman–Crippen MR) is 67.3 cm³/mol. The second-order valence-corrected chi connectivity index (χ2v) is 4.72. The molecular formula is C12H17N3O3. The number of rotatable bonds is 3. The zero-order valence-corrected chi connectivity index (χ0v) is 10.2. The van der Waals surface area contributed by atoms with Gasteiger partial charge in [0.25, 0.3) is 0 Å². The van der Waals surface area contributed by atoms with Gasteiger partial charge in [-0.2, -0.15) is 0 Å². The normalized spacial score (nSPS) is 24.1. The molecule has 18 heavy (non-hydrogen) atoms. The largest absolute Gasteiger partial charge is 0.391 e. The number of aliphatic hydroxyl groups excluding tert-OH is 1. The first-order valence-electron chi connectivity index (χ1n) is 5.90. The minimum atomic E-state index is -0.477. The van der Waals surface area contributed by atoms with E-state index in [9.17, 15) is 14.7 Å². The maximum Gasteiger partial charge on any atom is 0.224 e. The fraction of sp³-hybridized carbons (Fsp3) is 0.500. The zero-order valence-electron chi connectivity index (χ0n) is 10.2. The lowest BCUT2D eigenvalue weighted by molar-refractivity contribution is -0.117. The van der Waals surface area contributed by atoms with Gasteiger partial charge in [-0.25, -0.2) is 0 Å². The molecule has 98 valence electrons. The van der Waals surface area contributed by atoms with E-state index in [1.54, 1.807) is 0 Å². The number of likely N-dealkylation sites (N-methyl/N-ethyl adjacent to an activating group) is 1. The number of aliphatic hydroxyl groups is 1. The van der Waals surface area contributed by atoms with Gasteiger partial charge in [0.2, 0.25) is 11.3 Å². The number of aromatic nitrogens is 1. The van der Waals surface area contributed by atoms with Crippen molar-refractivity contribution in [3.8, 4) is 0 Å². The Morgan fingerprint density at radius 1 is 1.61 bits per heavy atom. The van der Waals surface area contributed by atoms with E-state index in [2.05, 4.69) is 10.3 Å². The van der Waals surface area contributed by atoms with Gasteiger partial charge in [0.05, 0.1) is 6.10 Å². The van der Waals surface area contributed by atoms with Gasteiger partial charge in [0.1, 0.15) is 5.69 Å². The first kappa shape index (κ1) is 12.8. The van der Waals surface area contributed by atoms with E-state index in [1.165, 1.54) is 18.5 Å². The molecule has 0 aromatic carbocycles. The number of pyridine rings is 1. The average molecular weight is 251 g/mol. The molecule has 1 aliphatic heterocycles. The summed E-state index contributed by atoms with van der Waals surface area (Å²) in [5.74, 6) is -0.316. The third kappa shape index (κ3) is 2.96. The summed E-state index contributed by atoms with van der Waals surface area (Å²) in [6.45, 7) is 1.28. The molecular weight excluding hydrogens is 234 g/mol. The fourth-order valence-electron chi connectivity index (χ4n) is 2.22. The number of hydrogen-bond acceptors (Lipinski definition) is 4. The Morgan fingerprint density at radius 2 is 2.39 bits per heavy atom. The molecule has 6 nitrogen and oxygen atoms in total. The summed E-state index contributed by atoms with van der Waals surface area (Å²) in [6, 6.07) is 1.35. The molecule has 0 saturated carbocycles. The Labute approximate surface area is 105 Å². The molecule has 0 aliphatic carbocycles. The third-order valence-electron chi connectivity index (χ3n) is 3.13. The van der Waals surface area contributed by atoms with Crippen molar-refractivity contribution in [3.63, 3.8) is 0 Å². The van der Waals surface area contributed by atoms with Gasteiger partial charge in [-0.3, -0.25) is 9.59 Å². The van der Waals surface area contributed by atoms with Crippen LogP contribution >= 0.6 is 0 Å². The molecule has 1 saturated heterocycles. The lowest BCUT2D eigenvalue weighted by Crippen LogP contribution is -2.26. The third-order valence-corrected chi connectivity index (χ3v) is 3.13. The standard InChI is InChI=1S/C12H17N3O3/c1-15-6-8(11(17)7-15)4-12(18)14-9-5-13-3-2-10(9)16/h2-3,5,8,11,17H,4,6-7H2,1H3,(H,13,16)(H,14,18)/t8-,11-/m1/s1. The van der Waals surface area contributed by atoms with Crippen LogP contribution in [-0.4, -0.2) is 47.1 Å². The van der Waals surface area contributed by atoms with Gasteiger partial charge in [0.15, 0.2) is 0 Å². The Hall–Kier alpha value is -1.66. The van der Waals surface area contributed by atoms with Gasteiger partial charge < -0.3 is 20.3 Å². The van der Waals surface area contributed by atoms with Crippen molar-refractivity contribution in [2.24, 2.45) is 5.92 Å². The van der Waals surface area contributed by atoms with E-state index in [-0.39, 0.29) is 29.4 Å². The Kier molecular flexibility index (Phi) is 3.78. The van der Waals surface area contributed by atoms with Crippen LogP contribution in [0.15, 0.2) is 23.3 Å². The summed E-state index contributed by atoms with van der Waals surface area (Å²) in [4.78, 5) is 27.9. The monoisotopic (exact) mass is 251 g/mol. The highest BCUT2D eigenvalue weighted by Crippen LogP contribution is 2.19. The van der Waals surface area contributed by atoms with Crippen molar-refractivity contribution in [2.45, 2.75) is 12.5 Å². The highest BCUT2D eigenvalue weighted by atomic mass is 16.3. The molecule has 0 spiro atoms. The summed E-state index contributed by atoms with van der Waals surface area (Å²) in [7, 11) is 1.91. The second-order valence-electron chi connectivity index (χ2n) is 4.72. The number of β-amino-alcohol motifs (C(OH)–C–C–N with tert-alkyl or cyclic N) is 1. The average Bonchev–Trinajstić information content (AvgIpc) is 2.61. The smallest absolute Gasteiger partial charge is 0.224 e. The molecule has 2 heterocycles. The summed E-state index contributed by atoms with van der Waals surface area (Å²) in [6.07, 6.45) is 2.71. The first-order chi connectivity index (χ1) is 8.56. The van der Waals surface area contributed by atoms with E-state index in [0.29, 0.717) is 13.1 Å². The molecule has 2 atom stereocenters. The molecule has 0 bridgehead atoms. The van der Waals surface area contributed by atoms with Gasteiger partial charge in [0, 0.05) is 43.9 Å². The second kappa shape index (κ2) is 5.32. The van der Waals surface area contributed by atoms with Crippen LogP contribution < -0.4 is 10.7 Å². The van der Waals surface area contributed by atoms with Crippen molar-refractivity contribution in [1.29, 1.82) is 0 Å². The molecule has 1 aliphatic rings. The molecule has 0 radical (unpaired) electrons. The number of amides is 1. The van der Waals surface area contributed by atoms with Gasteiger partial charge in [-0.1, -0.05) is 0 Å². The SMILES string of the molecule is CN1C[C@@H](CC(=O)Nc2c[nH]ccc2=O)[C@H](O)C1. The van der Waals surface area contributed by atoms with Crippen LogP contribution in [0.5, 0.6) is 0 Å². The number of H-pyrrole nitrogens is 1. The molecule has 1 aromatic heterocycles. The zero-order chi connectivity index (χ0) is 13.1. The topological polar surface area (TPSA) is 85.4 Å². The van der Waals surface area contributed by atoms with E-state index >= 15 is 0 Å². The van der Waals surface area contributed by atoms with Crippen LogP contribution in [0.25, 0.3) is 0 Å². The van der Waals surface area contributed by atoms with Gasteiger partial charge >= 0.3 is 0 Å². The number of aromatic amines is 1. The first-order valence-corrected chi connectivity index (χ1v) is 5.90. The Morgan fingerprint density at radius 3 is 3.00 bits per heavy atom. The molecule has 2 rings (SSSR count). The molecule has 6 heteroatoms. The van der Waals surface area contributed by atoms with Gasteiger partial charge in [-0.05, 0) is 7.05 Å². The van der Waals surface area contributed by atoms with Crippen LogP contribution in [-0.2, 0) is 4.79 Å². The Balaban J connectivity index is 1.94. The van der Waals surface area contributed by atoms with E-state index < -0.39 is 6.10 Å². The van der Waals surface area contributed by atoms with Crippen molar-refractivity contribution < 1.29 is 9.90 Å². The number of anilines is 1. The van der Waals surface area contributed by atoms with E-state index in [4.69, 9.17) is 0 Å². The minimum absolute atomic E-state index is 0.0715. The van der Waals surface area contributed by atoms with Crippen LogP contribution in [0.1, 0.15) is 6.42 Å². The molecule has 1 amide bonds. The van der Waals surface area contributed by atoms with Crippen LogP contribution in [0, 0.1) is 5.92 Å². The fourth-order valence-corrected chi connectivity index (χ4v) is 2.22. The number of hydrogen-bond donors (Lipinski definition) is 3. The van der Waals surface area contributed by atoms with Crippen molar-refractivity contribution in [2.75, 3.05) is 25.5 Å².